The van der Waals surface area contributed by atoms with Crippen LogP contribution in [0.4, 0.5) is 0 Å². The van der Waals surface area contributed by atoms with Gasteiger partial charge in [-0.25, -0.2) is 4.79 Å². The molecule has 0 aliphatic rings. The second kappa shape index (κ2) is 6.33. The maximum absolute atomic E-state index is 11.1. The van der Waals surface area contributed by atoms with Crippen LogP contribution < -0.4 is 11.1 Å². The molecule has 0 heterocycles. The van der Waals surface area contributed by atoms with Gasteiger partial charge in [0.2, 0.25) is 5.91 Å². The normalized spacial score (nSPS) is 14.5. The van der Waals surface area contributed by atoms with E-state index >= 15 is 0 Å². The Morgan fingerprint density at radius 3 is 2.50 bits per heavy atom. The summed E-state index contributed by atoms with van der Waals surface area (Å²) in [4.78, 5) is 21.7. The first-order valence-corrected chi connectivity index (χ1v) is 4.26. The lowest BCUT2D eigenvalue weighted by molar-refractivity contribution is -0.142. The number of carbonyl (C=O) groups is 2. The smallest absolute Gasteiger partial charge is 0.326 e. The number of carbonyl (C=O) groups excluding carboxylic acids is 1. The van der Waals surface area contributed by atoms with Crippen molar-refractivity contribution < 1.29 is 19.4 Å². The zero-order valence-electron chi connectivity index (χ0n) is 8.32. The number of carboxylic acids is 1. The van der Waals surface area contributed by atoms with E-state index < -0.39 is 24.0 Å². The van der Waals surface area contributed by atoms with Crippen molar-refractivity contribution in [1.29, 1.82) is 0 Å². The average molecular weight is 204 g/mol. The molecule has 0 spiro atoms. The van der Waals surface area contributed by atoms with Crippen LogP contribution in [0, 0.1) is 0 Å². The van der Waals surface area contributed by atoms with E-state index in [9.17, 15) is 9.59 Å². The molecule has 0 bridgehead atoms. The Kier molecular flexibility index (Phi) is 5.82. The van der Waals surface area contributed by atoms with Crippen LogP contribution >= 0.6 is 0 Å². The highest BCUT2D eigenvalue weighted by Crippen LogP contribution is 1.93. The lowest BCUT2D eigenvalue weighted by Crippen LogP contribution is -2.47. The quantitative estimate of drug-likeness (QED) is 0.512. The third-order valence-corrected chi connectivity index (χ3v) is 1.64. The van der Waals surface area contributed by atoms with E-state index in [-0.39, 0.29) is 13.0 Å². The fourth-order valence-electron chi connectivity index (χ4n) is 0.796. The number of nitrogens with two attached hydrogens (primary N) is 1. The van der Waals surface area contributed by atoms with Crippen LogP contribution in [0.1, 0.15) is 13.3 Å². The van der Waals surface area contributed by atoms with Gasteiger partial charge in [0.1, 0.15) is 6.04 Å². The largest absolute Gasteiger partial charge is 0.480 e. The van der Waals surface area contributed by atoms with E-state index in [0.717, 1.165) is 0 Å². The van der Waals surface area contributed by atoms with E-state index in [1.807, 2.05) is 0 Å². The number of hydrogen-bond acceptors (Lipinski definition) is 4. The molecule has 14 heavy (non-hydrogen) atoms. The van der Waals surface area contributed by atoms with Crippen LogP contribution in [0.15, 0.2) is 0 Å². The number of methoxy groups -OCH3 is 1. The highest BCUT2D eigenvalue weighted by atomic mass is 16.5. The number of nitrogens with one attached hydrogen (secondary N) is 1. The molecule has 0 saturated carbocycles. The molecule has 0 aromatic rings. The summed E-state index contributed by atoms with van der Waals surface area (Å²) in [6.45, 7) is 1.76. The number of hydrogen-bond donors (Lipinski definition) is 3. The fourth-order valence-corrected chi connectivity index (χ4v) is 0.796. The summed E-state index contributed by atoms with van der Waals surface area (Å²) >= 11 is 0. The monoisotopic (exact) mass is 204 g/mol. The van der Waals surface area contributed by atoms with Crippen LogP contribution in [0.5, 0.6) is 0 Å². The van der Waals surface area contributed by atoms with Crippen LogP contribution in [0.2, 0.25) is 0 Å². The van der Waals surface area contributed by atoms with Crippen molar-refractivity contribution in [1.82, 2.24) is 5.32 Å². The molecule has 0 aliphatic carbocycles. The first-order chi connectivity index (χ1) is 6.49. The van der Waals surface area contributed by atoms with Gasteiger partial charge < -0.3 is 20.9 Å². The number of aliphatic carboxylic acids is 1. The van der Waals surface area contributed by atoms with E-state index in [1.165, 1.54) is 14.0 Å². The van der Waals surface area contributed by atoms with Crippen molar-refractivity contribution in [3.05, 3.63) is 0 Å². The third kappa shape index (κ3) is 4.78. The van der Waals surface area contributed by atoms with Crippen molar-refractivity contribution in [2.45, 2.75) is 25.4 Å². The van der Waals surface area contributed by atoms with Gasteiger partial charge in [-0.15, -0.1) is 0 Å². The average Bonchev–Trinajstić information content (AvgIpc) is 2.10. The van der Waals surface area contributed by atoms with Crippen molar-refractivity contribution in [3.8, 4) is 0 Å². The van der Waals surface area contributed by atoms with Crippen molar-refractivity contribution in [2.75, 3.05) is 13.7 Å². The molecule has 6 nitrogen and oxygen atoms in total. The number of amides is 1. The van der Waals surface area contributed by atoms with Gasteiger partial charge in [0.15, 0.2) is 0 Å². The van der Waals surface area contributed by atoms with Gasteiger partial charge in [-0.2, -0.15) is 0 Å². The Morgan fingerprint density at radius 2 is 2.14 bits per heavy atom. The molecule has 0 rings (SSSR count). The SMILES string of the molecule is COCCC(NC(=O)C(C)N)C(=O)O. The lowest BCUT2D eigenvalue weighted by atomic mass is 10.2. The van der Waals surface area contributed by atoms with Gasteiger partial charge in [0.25, 0.3) is 0 Å². The van der Waals surface area contributed by atoms with Crippen molar-refractivity contribution in [3.63, 3.8) is 0 Å². The molecule has 2 atom stereocenters. The van der Waals surface area contributed by atoms with E-state index in [2.05, 4.69) is 5.32 Å². The topological polar surface area (TPSA) is 102 Å². The van der Waals surface area contributed by atoms with Crippen molar-refractivity contribution >= 4 is 11.9 Å². The van der Waals surface area contributed by atoms with Gasteiger partial charge in [-0.3, -0.25) is 4.79 Å². The molecule has 82 valence electrons. The summed E-state index contributed by atoms with van der Waals surface area (Å²) < 4.78 is 4.72. The second-order valence-electron chi connectivity index (χ2n) is 2.97. The van der Waals surface area contributed by atoms with Gasteiger partial charge in [-0.05, 0) is 6.92 Å². The van der Waals surface area contributed by atoms with Gasteiger partial charge in [0, 0.05) is 20.1 Å². The first kappa shape index (κ1) is 12.9. The summed E-state index contributed by atoms with van der Waals surface area (Å²) in [6, 6.07) is -1.65. The molecule has 6 heteroatoms. The molecular weight excluding hydrogens is 188 g/mol. The molecule has 4 N–H and O–H groups in total. The predicted octanol–water partition coefficient (Wildman–Crippen LogP) is -1.06. The van der Waals surface area contributed by atoms with Gasteiger partial charge in [0.05, 0.1) is 6.04 Å². The first-order valence-electron chi connectivity index (χ1n) is 4.26. The lowest BCUT2D eigenvalue weighted by Gasteiger charge is -2.15. The van der Waals surface area contributed by atoms with Crippen molar-refractivity contribution in [2.24, 2.45) is 5.73 Å². The van der Waals surface area contributed by atoms with Crippen LogP contribution in [0.3, 0.4) is 0 Å². The van der Waals surface area contributed by atoms with E-state index in [0.29, 0.717) is 0 Å². The molecule has 0 aliphatic heterocycles. The Hall–Kier alpha value is -1.14. The number of carboxylic acid groups (broad SMARTS) is 1. The maximum Gasteiger partial charge on any atom is 0.326 e. The summed E-state index contributed by atoms with van der Waals surface area (Å²) in [5.74, 6) is -1.57. The Morgan fingerprint density at radius 1 is 1.57 bits per heavy atom. The molecular formula is C8H16N2O4. The zero-order chi connectivity index (χ0) is 11.1. The highest BCUT2D eigenvalue weighted by molar-refractivity contribution is 5.86. The number of ether oxygens (including phenoxy) is 1. The van der Waals surface area contributed by atoms with E-state index in [4.69, 9.17) is 15.6 Å². The molecule has 0 saturated heterocycles. The summed E-state index contributed by atoms with van der Waals surface area (Å²) in [5.41, 5.74) is 5.28. The van der Waals surface area contributed by atoms with Gasteiger partial charge in [-0.1, -0.05) is 0 Å². The zero-order valence-corrected chi connectivity index (χ0v) is 8.32. The Bertz CT molecular complexity index is 206. The molecule has 0 radical (unpaired) electrons. The molecule has 0 aromatic heterocycles. The molecule has 0 fully saturated rings. The Labute approximate surface area is 82.4 Å². The van der Waals surface area contributed by atoms with E-state index in [1.54, 1.807) is 0 Å². The fraction of sp³-hybridized carbons (Fsp3) is 0.750. The minimum Gasteiger partial charge on any atom is -0.480 e. The molecule has 0 aromatic carbocycles. The summed E-state index contributed by atoms with van der Waals surface area (Å²) in [6.07, 6.45) is 0.226. The predicted molar refractivity (Wildman–Crippen MR) is 49.7 cm³/mol. The van der Waals surface area contributed by atoms with Crippen LogP contribution in [-0.2, 0) is 14.3 Å². The minimum atomic E-state index is -1.09. The Balaban J connectivity index is 4.09. The standard InChI is InChI=1S/C8H16N2O4/c1-5(9)7(11)10-6(8(12)13)3-4-14-2/h5-6H,3-4,9H2,1-2H3,(H,10,11)(H,12,13). The van der Waals surface area contributed by atoms with Crippen LogP contribution in [0.25, 0.3) is 0 Å². The summed E-state index contributed by atoms with van der Waals surface area (Å²) in [7, 11) is 1.46. The minimum absolute atomic E-state index is 0.226. The van der Waals surface area contributed by atoms with Crippen LogP contribution in [-0.4, -0.2) is 42.8 Å². The third-order valence-electron chi connectivity index (χ3n) is 1.64. The second-order valence-corrected chi connectivity index (χ2v) is 2.97. The van der Waals surface area contributed by atoms with Gasteiger partial charge >= 0.3 is 5.97 Å². The maximum atomic E-state index is 11.1. The number of rotatable bonds is 6. The summed E-state index contributed by atoms with van der Waals surface area (Å²) in [5, 5.41) is 11.0. The molecule has 2 unspecified atom stereocenters. The molecule has 1 amide bonds. The highest BCUT2D eigenvalue weighted by Gasteiger charge is 2.20.